The number of rotatable bonds is 5. The van der Waals surface area contributed by atoms with Crippen molar-refractivity contribution in [3.8, 4) is 0 Å². The summed E-state index contributed by atoms with van der Waals surface area (Å²) in [5.41, 5.74) is 2.50. The lowest BCUT2D eigenvalue weighted by molar-refractivity contribution is 0.0696. The Balaban J connectivity index is 1.98. The standard InChI is InChI=1S/C16H15FO3/c1-11-8-12(16(18)19)6-7-13(11)9-20-10-14-4-2-3-5-15(14)17/h2-8H,9-10H2,1H3,(H,18,19). The van der Waals surface area contributed by atoms with Crippen LogP contribution in [0, 0.1) is 12.7 Å². The SMILES string of the molecule is Cc1cc(C(=O)O)ccc1COCc1ccccc1F. The molecule has 0 unspecified atom stereocenters. The molecule has 2 aromatic carbocycles. The van der Waals surface area contributed by atoms with Crippen molar-refractivity contribution in [2.75, 3.05) is 0 Å². The minimum absolute atomic E-state index is 0.187. The van der Waals surface area contributed by atoms with Gasteiger partial charge in [-0.2, -0.15) is 0 Å². The van der Waals surface area contributed by atoms with Gasteiger partial charge in [-0.3, -0.25) is 0 Å². The molecule has 0 aromatic heterocycles. The summed E-state index contributed by atoms with van der Waals surface area (Å²) in [6.07, 6.45) is 0. The molecular formula is C16H15FO3. The van der Waals surface area contributed by atoms with E-state index >= 15 is 0 Å². The number of halogens is 1. The van der Waals surface area contributed by atoms with E-state index in [2.05, 4.69) is 0 Å². The molecule has 0 saturated heterocycles. The van der Waals surface area contributed by atoms with Crippen LogP contribution in [-0.2, 0) is 18.0 Å². The molecule has 2 rings (SSSR count). The number of hydrogen-bond acceptors (Lipinski definition) is 2. The van der Waals surface area contributed by atoms with Gasteiger partial charge in [-0.25, -0.2) is 9.18 Å². The van der Waals surface area contributed by atoms with Crippen molar-refractivity contribution >= 4 is 5.97 Å². The average molecular weight is 274 g/mol. The van der Waals surface area contributed by atoms with E-state index in [0.29, 0.717) is 12.2 Å². The second-order valence-electron chi connectivity index (χ2n) is 4.53. The fourth-order valence-electron chi connectivity index (χ4n) is 1.88. The highest BCUT2D eigenvalue weighted by Gasteiger charge is 2.06. The lowest BCUT2D eigenvalue weighted by Gasteiger charge is -2.09. The Bertz CT molecular complexity index is 623. The van der Waals surface area contributed by atoms with E-state index in [1.165, 1.54) is 12.1 Å². The molecule has 0 aliphatic carbocycles. The molecule has 3 nitrogen and oxygen atoms in total. The van der Waals surface area contributed by atoms with Gasteiger partial charge >= 0.3 is 5.97 Å². The highest BCUT2D eigenvalue weighted by Crippen LogP contribution is 2.14. The van der Waals surface area contributed by atoms with Gasteiger partial charge in [-0.1, -0.05) is 24.3 Å². The van der Waals surface area contributed by atoms with Crippen LogP contribution < -0.4 is 0 Å². The summed E-state index contributed by atoms with van der Waals surface area (Å²) < 4.78 is 18.9. The molecule has 0 bridgehead atoms. The third-order valence-corrected chi connectivity index (χ3v) is 3.06. The van der Waals surface area contributed by atoms with Crippen LogP contribution in [0.1, 0.15) is 27.0 Å². The molecule has 0 aliphatic rings. The number of carboxylic acid groups (broad SMARTS) is 1. The molecule has 0 atom stereocenters. The fourth-order valence-corrected chi connectivity index (χ4v) is 1.88. The summed E-state index contributed by atoms with van der Waals surface area (Å²) in [6, 6.07) is 11.3. The summed E-state index contributed by atoms with van der Waals surface area (Å²) >= 11 is 0. The Labute approximate surface area is 116 Å². The first-order valence-electron chi connectivity index (χ1n) is 6.22. The summed E-state index contributed by atoms with van der Waals surface area (Å²) in [6.45, 7) is 2.33. The highest BCUT2D eigenvalue weighted by molar-refractivity contribution is 5.87. The molecule has 0 aliphatic heterocycles. The zero-order chi connectivity index (χ0) is 14.5. The normalized spacial score (nSPS) is 10.5. The van der Waals surface area contributed by atoms with Crippen LogP contribution in [0.25, 0.3) is 0 Å². The highest BCUT2D eigenvalue weighted by atomic mass is 19.1. The largest absolute Gasteiger partial charge is 0.478 e. The summed E-state index contributed by atoms with van der Waals surface area (Å²) in [5, 5.41) is 8.88. The first-order valence-corrected chi connectivity index (χ1v) is 6.22. The zero-order valence-corrected chi connectivity index (χ0v) is 11.1. The van der Waals surface area contributed by atoms with Crippen LogP contribution in [0.4, 0.5) is 4.39 Å². The monoisotopic (exact) mass is 274 g/mol. The minimum Gasteiger partial charge on any atom is -0.478 e. The molecule has 4 heteroatoms. The lowest BCUT2D eigenvalue weighted by atomic mass is 10.1. The maximum Gasteiger partial charge on any atom is 0.335 e. The van der Waals surface area contributed by atoms with Gasteiger partial charge in [0.15, 0.2) is 0 Å². The first-order chi connectivity index (χ1) is 9.58. The Kier molecular flexibility index (Phi) is 4.48. The third-order valence-electron chi connectivity index (χ3n) is 3.06. The van der Waals surface area contributed by atoms with E-state index in [4.69, 9.17) is 9.84 Å². The van der Waals surface area contributed by atoms with Crippen LogP contribution in [0.3, 0.4) is 0 Å². The van der Waals surface area contributed by atoms with Crippen molar-refractivity contribution in [1.29, 1.82) is 0 Å². The smallest absolute Gasteiger partial charge is 0.335 e. The minimum atomic E-state index is -0.952. The predicted octanol–water partition coefficient (Wildman–Crippen LogP) is 3.55. The molecule has 0 radical (unpaired) electrons. The van der Waals surface area contributed by atoms with Crippen molar-refractivity contribution in [3.63, 3.8) is 0 Å². The summed E-state index contributed by atoms with van der Waals surface area (Å²) in [5.74, 6) is -1.24. The van der Waals surface area contributed by atoms with Crippen molar-refractivity contribution in [1.82, 2.24) is 0 Å². The molecule has 20 heavy (non-hydrogen) atoms. The average Bonchev–Trinajstić information content (AvgIpc) is 2.42. The maximum absolute atomic E-state index is 13.4. The summed E-state index contributed by atoms with van der Waals surface area (Å²) in [4.78, 5) is 10.8. The second kappa shape index (κ2) is 6.30. The molecule has 0 saturated carbocycles. The lowest BCUT2D eigenvalue weighted by Crippen LogP contribution is -2.01. The Hall–Kier alpha value is -2.20. The van der Waals surface area contributed by atoms with Crippen LogP contribution in [0.2, 0.25) is 0 Å². The number of carboxylic acids is 1. The number of aryl methyl sites for hydroxylation is 1. The van der Waals surface area contributed by atoms with Crippen molar-refractivity contribution in [2.24, 2.45) is 0 Å². The first kappa shape index (κ1) is 14.2. The van der Waals surface area contributed by atoms with Crippen molar-refractivity contribution in [3.05, 3.63) is 70.5 Å². The third kappa shape index (κ3) is 3.42. The van der Waals surface area contributed by atoms with E-state index in [-0.39, 0.29) is 18.0 Å². The Morgan fingerprint density at radius 2 is 1.85 bits per heavy atom. The van der Waals surface area contributed by atoms with Crippen molar-refractivity contribution in [2.45, 2.75) is 20.1 Å². The van der Waals surface area contributed by atoms with E-state index < -0.39 is 5.97 Å². The molecule has 0 spiro atoms. The quantitative estimate of drug-likeness (QED) is 0.907. The van der Waals surface area contributed by atoms with Gasteiger partial charge in [0.25, 0.3) is 0 Å². The number of hydrogen-bond donors (Lipinski definition) is 1. The molecular weight excluding hydrogens is 259 g/mol. The Morgan fingerprint density at radius 3 is 2.50 bits per heavy atom. The van der Waals surface area contributed by atoms with E-state index in [0.717, 1.165) is 11.1 Å². The molecule has 0 amide bonds. The van der Waals surface area contributed by atoms with Gasteiger partial charge < -0.3 is 9.84 Å². The Morgan fingerprint density at radius 1 is 1.15 bits per heavy atom. The number of aromatic carboxylic acids is 1. The van der Waals surface area contributed by atoms with Crippen LogP contribution in [0.15, 0.2) is 42.5 Å². The van der Waals surface area contributed by atoms with Gasteiger partial charge in [0.1, 0.15) is 5.82 Å². The molecule has 0 fully saturated rings. The fraction of sp³-hybridized carbons (Fsp3) is 0.188. The van der Waals surface area contributed by atoms with Gasteiger partial charge in [0.2, 0.25) is 0 Å². The van der Waals surface area contributed by atoms with E-state index in [9.17, 15) is 9.18 Å². The topological polar surface area (TPSA) is 46.5 Å². The number of ether oxygens (including phenoxy) is 1. The van der Waals surface area contributed by atoms with Gasteiger partial charge in [-0.05, 0) is 36.2 Å². The van der Waals surface area contributed by atoms with E-state index in [1.807, 2.05) is 6.92 Å². The molecule has 2 aromatic rings. The van der Waals surface area contributed by atoms with Gasteiger partial charge in [0.05, 0.1) is 18.8 Å². The van der Waals surface area contributed by atoms with Gasteiger partial charge in [-0.15, -0.1) is 0 Å². The van der Waals surface area contributed by atoms with Gasteiger partial charge in [0, 0.05) is 5.56 Å². The zero-order valence-electron chi connectivity index (χ0n) is 11.1. The van der Waals surface area contributed by atoms with Crippen LogP contribution in [-0.4, -0.2) is 11.1 Å². The van der Waals surface area contributed by atoms with Crippen LogP contribution in [0.5, 0.6) is 0 Å². The van der Waals surface area contributed by atoms with Crippen LogP contribution >= 0.6 is 0 Å². The molecule has 104 valence electrons. The van der Waals surface area contributed by atoms with Crippen molar-refractivity contribution < 1.29 is 19.0 Å². The molecule has 0 heterocycles. The predicted molar refractivity (Wildman–Crippen MR) is 73.0 cm³/mol. The maximum atomic E-state index is 13.4. The number of carbonyl (C=O) groups is 1. The van der Waals surface area contributed by atoms with E-state index in [1.54, 1.807) is 30.3 Å². The number of benzene rings is 2. The molecule has 1 N–H and O–H groups in total. The summed E-state index contributed by atoms with van der Waals surface area (Å²) in [7, 11) is 0. The second-order valence-corrected chi connectivity index (χ2v) is 4.53.